The van der Waals surface area contributed by atoms with Gasteiger partial charge < -0.3 is 15.7 Å². The van der Waals surface area contributed by atoms with E-state index in [9.17, 15) is 9.90 Å². The van der Waals surface area contributed by atoms with Crippen molar-refractivity contribution < 1.29 is 9.90 Å². The van der Waals surface area contributed by atoms with Crippen molar-refractivity contribution in [3.8, 4) is 5.75 Å². The summed E-state index contributed by atoms with van der Waals surface area (Å²) in [4.78, 5) is 16.7. The van der Waals surface area contributed by atoms with E-state index in [1.807, 2.05) is 4.90 Å². The van der Waals surface area contributed by atoms with Gasteiger partial charge in [0, 0.05) is 44.3 Å². The zero-order chi connectivity index (χ0) is 15.4. The third kappa shape index (κ3) is 3.54. The van der Waals surface area contributed by atoms with Gasteiger partial charge in [0.15, 0.2) is 0 Å². The van der Waals surface area contributed by atoms with Gasteiger partial charge >= 0.3 is 0 Å². The molecular formula is C16H25N3O2. The molecule has 5 heteroatoms. The maximum absolute atomic E-state index is 12.5. The van der Waals surface area contributed by atoms with Crippen LogP contribution >= 0.6 is 0 Å². The summed E-state index contributed by atoms with van der Waals surface area (Å²) in [7, 11) is 0. The lowest BCUT2D eigenvalue weighted by Crippen LogP contribution is -2.53. The molecule has 1 atom stereocenters. The van der Waals surface area contributed by atoms with E-state index in [1.54, 1.807) is 25.1 Å². The number of hydrogen-bond donors (Lipinski definition) is 2. The maximum Gasteiger partial charge on any atom is 0.253 e. The molecule has 1 aliphatic heterocycles. The monoisotopic (exact) mass is 291 g/mol. The summed E-state index contributed by atoms with van der Waals surface area (Å²) in [5.74, 6) is 0.267. The van der Waals surface area contributed by atoms with Gasteiger partial charge in [-0.2, -0.15) is 0 Å². The highest BCUT2D eigenvalue weighted by molar-refractivity contribution is 5.94. The second-order valence-corrected chi connectivity index (χ2v) is 5.63. The second-order valence-electron chi connectivity index (χ2n) is 5.63. The Labute approximate surface area is 126 Å². The Hall–Kier alpha value is -1.59. The predicted octanol–water partition coefficient (Wildman–Crippen LogP) is 1.20. The highest BCUT2D eigenvalue weighted by atomic mass is 16.3. The maximum atomic E-state index is 12.5. The fraction of sp³-hybridized carbons (Fsp3) is 0.562. The number of hydrogen-bond acceptors (Lipinski definition) is 4. The molecule has 116 valence electrons. The number of aryl methyl sites for hydroxylation is 1. The van der Waals surface area contributed by atoms with Crippen LogP contribution < -0.4 is 5.73 Å². The van der Waals surface area contributed by atoms with Gasteiger partial charge in [-0.15, -0.1) is 0 Å². The quantitative estimate of drug-likeness (QED) is 0.874. The fourth-order valence-electron chi connectivity index (χ4n) is 2.84. The average Bonchev–Trinajstić information content (AvgIpc) is 2.51. The Morgan fingerprint density at radius 2 is 2.00 bits per heavy atom. The minimum atomic E-state index is 0.0403. The number of piperazine rings is 1. The fourth-order valence-corrected chi connectivity index (χ4v) is 2.84. The van der Waals surface area contributed by atoms with Crippen LogP contribution in [0.15, 0.2) is 18.2 Å². The largest absolute Gasteiger partial charge is 0.508 e. The number of benzene rings is 1. The van der Waals surface area contributed by atoms with E-state index in [2.05, 4.69) is 11.8 Å². The summed E-state index contributed by atoms with van der Waals surface area (Å²) in [6.07, 6.45) is 1.04. The van der Waals surface area contributed by atoms with Crippen molar-refractivity contribution in [1.29, 1.82) is 0 Å². The Bertz CT molecular complexity index is 492. The highest BCUT2D eigenvalue weighted by Gasteiger charge is 2.25. The molecule has 1 amide bonds. The van der Waals surface area contributed by atoms with Gasteiger partial charge in [0.2, 0.25) is 0 Å². The van der Waals surface area contributed by atoms with Gasteiger partial charge in [-0.25, -0.2) is 0 Å². The number of carbonyl (C=O) groups is 1. The molecule has 0 radical (unpaired) electrons. The van der Waals surface area contributed by atoms with Gasteiger partial charge in [-0.3, -0.25) is 9.69 Å². The van der Waals surface area contributed by atoms with E-state index in [0.29, 0.717) is 18.2 Å². The number of phenolic OH excluding ortho intramolecular Hbond substituents is 1. The second kappa shape index (κ2) is 6.91. The molecule has 1 heterocycles. The van der Waals surface area contributed by atoms with E-state index < -0.39 is 0 Å². The molecule has 1 aliphatic rings. The lowest BCUT2D eigenvalue weighted by Gasteiger charge is -2.38. The minimum absolute atomic E-state index is 0.0403. The van der Waals surface area contributed by atoms with Crippen molar-refractivity contribution >= 4 is 5.91 Å². The van der Waals surface area contributed by atoms with Gasteiger partial charge in [0.05, 0.1) is 0 Å². The van der Waals surface area contributed by atoms with Crippen LogP contribution in [0, 0.1) is 6.92 Å². The number of nitrogens with two attached hydrogens (primary N) is 1. The van der Waals surface area contributed by atoms with Crippen molar-refractivity contribution in [3.63, 3.8) is 0 Å². The van der Waals surface area contributed by atoms with E-state index >= 15 is 0 Å². The van der Waals surface area contributed by atoms with Crippen LogP contribution in [0.2, 0.25) is 0 Å². The van der Waals surface area contributed by atoms with Crippen LogP contribution in [0.5, 0.6) is 5.75 Å². The van der Waals surface area contributed by atoms with Crippen LogP contribution in [0.3, 0.4) is 0 Å². The van der Waals surface area contributed by atoms with Gasteiger partial charge in [0.25, 0.3) is 5.91 Å². The Morgan fingerprint density at radius 3 is 2.52 bits per heavy atom. The normalized spacial score (nSPS) is 17.8. The molecule has 0 bridgehead atoms. The van der Waals surface area contributed by atoms with E-state index in [4.69, 9.17) is 5.73 Å². The van der Waals surface area contributed by atoms with Crippen LogP contribution in [-0.4, -0.2) is 59.6 Å². The van der Waals surface area contributed by atoms with Crippen LogP contribution in [0.25, 0.3) is 0 Å². The molecule has 2 rings (SSSR count). The van der Waals surface area contributed by atoms with Crippen molar-refractivity contribution in [1.82, 2.24) is 9.80 Å². The number of carbonyl (C=O) groups excluding carboxylic acids is 1. The topological polar surface area (TPSA) is 69.8 Å². The van der Waals surface area contributed by atoms with Crippen LogP contribution in [0.4, 0.5) is 0 Å². The first-order chi connectivity index (χ1) is 10.1. The summed E-state index contributed by atoms with van der Waals surface area (Å²) in [6.45, 7) is 7.83. The molecule has 1 aromatic carbocycles. The van der Waals surface area contributed by atoms with Crippen molar-refractivity contribution in [3.05, 3.63) is 29.3 Å². The van der Waals surface area contributed by atoms with Gasteiger partial charge in [-0.1, -0.05) is 6.92 Å². The summed E-state index contributed by atoms with van der Waals surface area (Å²) >= 11 is 0. The Balaban J connectivity index is 1.98. The van der Waals surface area contributed by atoms with Crippen molar-refractivity contribution in [2.75, 3.05) is 32.7 Å². The van der Waals surface area contributed by atoms with E-state index in [0.717, 1.165) is 38.2 Å². The molecule has 1 aromatic rings. The molecule has 21 heavy (non-hydrogen) atoms. The zero-order valence-corrected chi connectivity index (χ0v) is 12.9. The summed E-state index contributed by atoms with van der Waals surface area (Å²) < 4.78 is 0. The molecule has 5 nitrogen and oxygen atoms in total. The number of amides is 1. The number of aromatic hydroxyl groups is 1. The molecule has 3 N–H and O–H groups in total. The standard InChI is InChI=1S/C16H25N3O2/c1-3-14(11-17)18-6-8-19(9-7-18)16(21)13-4-5-15(20)12(2)10-13/h4-5,10,14,20H,3,6-9,11,17H2,1-2H3. The van der Waals surface area contributed by atoms with Gasteiger partial charge in [0.1, 0.15) is 5.75 Å². The third-order valence-electron chi connectivity index (χ3n) is 4.30. The predicted molar refractivity (Wildman–Crippen MR) is 83.5 cm³/mol. The lowest BCUT2D eigenvalue weighted by atomic mass is 10.1. The molecular weight excluding hydrogens is 266 g/mol. The number of rotatable bonds is 4. The third-order valence-corrected chi connectivity index (χ3v) is 4.30. The lowest BCUT2D eigenvalue weighted by molar-refractivity contribution is 0.0571. The minimum Gasteiger partial charge on any atom is -0.508 e. The first-order valence-electron chi connectivity index (χ1n) is 7.59. The summed E-state index contributed by atoms with van der Waals surface area (Å²) in [5, 5.41) is 9.54. The summed E-state index contributed by atoms with van der Waals surface area (Å²) in [5.41, 5.74) is 7.16. The molecule has 0 aliphatic carbocycles. The highest BCUT2D eigenvalue weighted by Crippen LogP contribution is 2.19. The zero-order valence-electron chi connectivity index (χ0n) is 12.9. The average molecular weight is 291 g/mol. The SMILES string of the molecule is CCC(CN)N1CCN(C(=O)c2ccc(O)c(C)c2)CC1. The van der Waals surface area contributed by atoms with Crippen molar-refractivity contribution in [2.45, 2.75) is 26.3 Å². The smallest absolute Gasteiger partial charge is 0.253 e. The number of phenols is 1. The van der Waals surface area contributed by atoms with Crippen LogP contribution in [-0.2, 0) is 0 Å². The Morgan fingerprint density at radius 1 is 1.33 bits per heavy atom. The molecule has 0 saturated carbocycles. The van der Waals surface area contributed by atoms with E-state index in [-0.39, 0.29) is 11.7 Å². The molecule has 1 saturated heterocycles. The Kier molecular flexibility index (Phi) is 5.20. The van der Waals surface area contributed by atoms with Crippen molar-refractivity contribution in [2.24, 2.45) is 5.73 Å². The molecule has 0 aromatic heterocycles. The first kappa shape index (κ1) is 15.8. The van der Waals surface area contributed by atoms with Gasteiger partial charge in [-0.05, 0) is 37.1 Å². The number of nitrogens with zero attached hydrogens (tertiary/aromatic N) is 2. The molecule has 1 fully saturated rings. The first-order valence-corrected chi connectivity index (χ1v) is 7.59. The van der Waals surface area contributed by atoms with E-state index in [1.165, 1.54) is 0 Å². The summed E-state index contributed by atoms with van der Waals surface area (Å²) in [6, 6.07) is 5.43. The molecule has 1 unspecified atom stereocenters. The molecule has 0 spiro atoms. The van der Waals surface area contributed by atoms with Crippen LogP contribution in [0.1, 0.15) is 29.3 Å².